The van der Waals surface area contributed by atoms with Crippen molar-refractivity contribution in [3.05, 3.63) is 71.2 Å². The van der Waals surface area contributed by atoms with Crippen LogP contribution in [0.25, 0.3) is 0 Å². The minimum atomic E-state index is -3.71. The van der Waals surface area contributed by atoms with Gasteiger partial charge in [0.2, 0.25) is 0 Å². The third-order valence-electron chi connectivity index (χ3n) is 5.62. The topological polar surface area (TPSA) is 82.6 Å². The number of fused-ring (bicyclic) bond motifs is 1. The highest BCUT2D eigenvalue weighted by atomic mass is 32.2. The van der Waals surface area contributed by atoms with Gasteiger partial charge in [-0.05, 0) is 48.2 Å². The number of hydrogen-bond donors (Lipinski definition) is 1. The molecule has 5 rings (SSSR count). The highest BCUT2D eigenvalue weighted by Gasteiger charge is 2.37. The Bertz CT molecular complexity index is 1150. The molecule has 1 N–H and O–H groups in total. The van der Waals surface area contributed by atoms with Crippen LogP contribution in [-0.2, 0) is 22.9 Å². The Morgan fingerprint density at radius 1 is 1.00 bits per heavy atom. The fourth-order valence-corrected chi connectivity index (χ4v) is 5.93. The molecule has 0 bridgehead atoms. The SMILES string of the molecule is O=C1N(c2ccc(S(=O)(=O)Nc3nccs3)cc2)CCN1C1Cc2ccccc2C1. The maximum absolute atomic E-state index is 13.1. The monoisotopic (exact) mass is 440 g/mol. The molecule has 1 aromatic heterocycles. The van der Waals surface area contributed by atoms with Crippen LogP contribution >= 0.6 is 11.3 Å². The van der Waals surface area contributed by atoms with Crippen LogP contribution in [0.3, 0.4) is 0 Å². The third kappa shape index (κ3) is 3.44. The number of nitrogens with one attached hydrogen (secondary N) is 1. The molecule has 2 aliphatic rings. The van der Waals surface area contributed by atoms with Crippen LogP contribution in [0.1, 0.15) is 11.1 Å². The average molecular weight is 441 g/mol. The number of amides is 2. The minimum Gasteiger partial charge on any atom is -0.319 e. The van der Waals surface area contributed by atoms with Crippen molar-refractivity contribution in [3.63, 3.8) is 0 Å². The van der Waals surface area contributed by atoms with E-state index in [4.69, 9.17) is 0 Å². The van der Waals surface area contributed by atoms with Crippen molar-refractivity contribution in [2.24, 2.45) is 0 Å². The summed E-state index contributed by atoms with van der Waals surface area (Å²) in [6.07, 6.45) is 3.31. The number of rotatable bonds is 5. The number of thiazole rings is 1. The molecule has 2 heterocycles. The number of carbonyl (C=O) groups is 1. The molecular formula is C21H20N4O3S2. The van der Waals surface area contributed by atoms with E-state index < -0.39 is 10.0 Å². The van der Waals surface area contributed by atoms with Gasteiger partial charge in [-0.25, -0.2) is 18.2 Å². The molecule has 0 unspecified atom stereocenters. The largest absolute Gasteiger partial charge is 0.324 e. The Balaban J connectivity index is 1.29. The van der Waals surface area contributed by atoms with E-state index in [0.29, 0.717) is 23.9 Å². The number of aromatic nitrogens is 1. The molecular weight excluding hydrogens is 420 g/mol. The first-order chi connectivity index (χ1) is 14.5. The Morgan fingerprint density at radius 2 is 1.70 bits per heavy atom. The molecule has 2 aromatic carbocycles. The van der Waals surface area contributed by atoms with Crippen molar-refractivity contribution in [2.45, 2.75) is 23.8 Å². The van der Waals surface area contributed by atoms with Crippen molar-refractivity contribution in [2.75, 3.05) is 22.7 Å². The van der Waals surface area contributed by atoms with Gasteiger partial charge in [0, 0.05) is 36.4 Å². The summed E-state index contributed by atoms with van der Waals surface area (Å²) in [4.78, 5) is 20.8. The van der Waals surface area contributed by atoms with Crippen LogP contribution in [-0.4, -0.2) is 43.5 Å². The minimum absolute atomic E-state index is 0.0238. The van der Waals surface area contributed by atoms with Gasteiger partial charge in [-0.1, -0.05) is 24.3 Å². The van der Waals surface area contributed by atoms with Gasteiger partial charge in [0.15, 0.2) is 5.13 Å². The van der Waals surface area contributed by atoms with E-state index in [1.807, 2.05) is 17.0 Å². The van der Waals surface area contributed by atoms with Gasteiger partial charge >= 0.3 is 6.03 Å². The van der Waals surface area contributed by atoms with E-state index in [9.17, 15) is 13.2 Å². The summed E-state index contributed by atoms with van der Waals surface area (Å²) in [6.45, 7) is 1.26. The van der Waals surface area contributed by atoms with Crippen LogP contribution in [0.5, 0.6) is 0 Å². The maximum atomic E-state index is 13.1. The van der Waals surface area contributed by atoms with Crippen molar-refractivity contribution < 1.29 is 13.2 Å². The molecule has 154 valence electrons. The normalized spacial score (nSPS) is 16.9. The number of urea groups is 1. The molecule has 1 aliphatic carbocycles. The predicted molar refractivity (Wildman–Crippen MR) is 116 cm³/mol. The standard InChI is InChI=1S/C21H20N4O3S2/c26-21-24(10-11-25(21)18-13-15-3-1-2-4-16(15)14-18)17-5-7-19(8-6-17)30(27,28)23-20-22-9-12-29-20/h1-9,12,18H,10-11,13-14H2,(H,22,23). The molecule has 0 radical (unpaired) electrons. The Labute approximate surface area is 179 Å². The lowest BCUT2D eigenvalue weighted by molar-refractivity contribution is 0.202. The smallest absolute Gasteiger partial charge is 0.319 e. The first-order valence-electron chi connectivity index (χ1n) is 9.68. The molecule has 1 fully saturated rings. The van der Waals surface area contributed by atoms with Gasteiger partial charge in [0.1, 0.15) is 0 Å². The predicted octanol–water partition coefficient (Wildman–Crippen LogP) is 3.35. The summed E-state index contributed by atoms with van der Waals surface area (Å²) in [5, 5.41) is 2.02. The van der Waals surface area contributed by atoms with E-state index in [1.165, 1.54) is 34.6 Å². The second-order valence-electron chi connectivity index (χ2n) is 7.40. The second kappa shape index (κ2) is 7.41. The van der Waals surface area contributed by atoms with Crippen molar-refractivity contribution in [1.82, 2.24) is 9.88 Å². The zero-order valence-electron chi connectivity index (χ0n) is 16.1. The third-order valence-corrected chi connectivity index (χ3v) is 7.80. The Hall–Kier alpha value is -2.91. The number of benzene rings is 2. The Kier molecular flexibility index (Phi) is 4.71. The fourth-order valence-electron chi connectivity index (χ4n) is 4.14. The first kappa shape index (κ1) is 19.1. The van der Waals surface area contributed by atoms with Crippen LogP contribution < -0.4 is 9.62 Å². The lowest BCUT2D eigenvalue weighted by atomic mass is 10.1. The van der Waals surface area contributed by atoms with Crippen LogP contribution in [0.4, 0.5) is 15.6 Å². The van der Waals surface area contributed by atoms with Gasteiger partial charge in [-0.2, -0.15) is 0 Å². The average Bonchev–Trinajstić information content (AvgIpc) is 3.47. The molecule has 0 atom stereocenters. The zero-order valence-corrected chi connectivity index (χ0v) is 17.7. The summed E-state index contributed by atoms with van der Waals surface area (Å²) in [5.41, 5.74) is 3.33. The van der Waals surface area contributed by atoms with Crippen LogP contribution in [0, 0.1) is 0 Å². The summed E-state index contributed by atoms with van der Waals surface area (Å²) < 4.78 is 27.5. The molecule has 1 saturated heterocycles. The van der Waals surface area contributed by atoms with Crippen LogP contribution in [0.2, 0.25) is 0 Å². The first-order valence-corrected chi connectivity index (χ1v) is 12.0. The number of carbonyl (C=O) groups excluding carboxylic acids is 1. The molecule has 9 heteroatoms. The van der Waals surface area contributed by atoms with E-state index in [2.05, 4.69) is 21.8 Å². The molecule has 30 heavy (non-hydrogen) atoms. The lowest BCUT2D eigenvalue weighted by Gasteiger charge is -2.24. The summed E-state index contributed by atoms with van der Waals surface area (Å²) in [6, 6.07) is 14.9. The molecule has 0 saturated carbocycles. The van der Waals surface area contributed by atoms with E-state index >= 15 is 0 Å². The van der Waals surface area contributed by atoms with Gasteiger partial charge in [0.25, 0.3) is 10.0 Å². The highest BCUT2D eigenvalue weighted by Crippen LogP contribution is 2.30. The quantitative estimate of drug-likeness (QED) is 0.660. The second-order valence-corrected chi connectivity index (χ2v) is 9.97. The summed E-state index contributed by atoms with van der Waals surface area (Å²) in [5.74, 6) is 0. The molecule has 7 nitrogen and oxygen atoms in total. The van der Waals surface area contributed by atoms with Gasteiger partial charge in [-0.15, -0.1) is 11.3 Å². The molecule has 2 amide bonds. The molecule has 0 spiro atoms. The zero-order chi connectivity index (χ0) is 20.7. The summed E-state index contributed by atoms with van der Waals surface area (Å²) >= 11 is 1.22. The molecule has 3 aromatic rings. The maximum Gasteiger partial charge on any atom is 0.324 e. The summed E-state index contributed by atoms with van der Waals surface area (Å²) in [7, 11) is -3.71. The molecule has 1 aliphatic heterocycles. The van der Waals surface area contributed by atoms with Crippen molar-refractivity contribution >= 4 is 38.2 Å². The number of nitrogens with zero attached hydrogens (tertiary/aromatic N) is 3. The number of anilines is 2. The van der Waals surface area contributed by atoms with Gasteiger partial charge in [0.05, 0.1) is 4.90 Å². The van der Waals surface area contributed by atoms with E-state index in [0.717, 1.165) is 12.8 Å². The van der Waals surface area contributed by atoms with Crippen molar-refractivity contribution in [1.29, 1.82) is 0 Å². The fraction of sp³-hybridized carbons (Fsp3) is 0.238. The van der Waals surface area contributed by atoms with Crippen LogP contribution in [0.15, 0.2) is 65.0 Å². The van der Waals surface area contributed by atoms with E-state index in [1.54, 1.807) is 28.6 Å². The lowest BCUT2D eigenvalue weighted by Crippen LogP contribution is -2.39. The highest BCUT2D eigenvalue weighted by molar-refractivity contribution is 7.93. The van der Waals surface area contributed by atoms with E-state index in [-0.39, 0.29) is 17.0 Å². The van der Waals surface area contributed by atoms with Gasteiger partial charge < -0.3 is 4.90 Å². The number of sulfonamides is 1. The number of hydrogen-bond acceptors (Lipinski definition) is 5. The van der Waals surface area contributed by atoms with Gasteiger partial charge in [-0.3, -0.25) is 9.62 Å². The Morgan fingerprint density at radius 3 is 2.33 bits per heavy atom. The van der Waals surface area contributed by atoms with Crippen molar-refractivity contribution in [3.8, 4) is 0 Å².